The summed E-state index contributed by atoms with van der Waals surface area (Å²) in [6, 6.07) is 4.64. The van der Waals surface area contributed by atoms with Crippen LogP contribution in [0, 0.1) is 5.82 Å². The summed E-state index contributed by atoms with van der Waals surface area (Å²) in [6.07, 6.45) is 0.908. The third-order valence-corrected chi connectivity index (χ3v) is 3.03. The number of nitrogens with two attached hydrogens (primary N) is 1. The minimum atomic E-state index is -0.463. The Morgan fingerprint density at radius 1 is 1.39 bits per heavy atom. The fourth-order valence-corrected chi connectivity index (χ4v) is 2.03. The first kappa shape index (κ1) is 13.0. The van der Waals surface area contributed by atoms with Crippen molar-refractivity contribution in [2.75, 3.05) is 0 Å². The lowest BCUT2D eigenvalue weighted by atomic mass is 10.2. The molecule has 1 aromatic carbocycles. The Morgan fingerprint density at radius 2 is 2.17 bits per heavy atom. The van der Waals surface area contributed by atoms with Crippen LogP contribution in [0.3, 0.4) is 0 Å². The van der Waals surface area contributed by atoms with Gasteiger partial charge in [-0.2, -0.15) is 0 Å². The number of hydrogen-bond acceptors (Lipinski definition) is 3. The SMILES string of the molecule is CCCn1c(CN)nnc1-c1cccc(F)c1Cl. The fourth-order valence-electron chi connectivity index (χ4n) is 1.82. The Hall–Kier alpha value is -1.46. The maximum Gasteiger partial charge on any atom is 0.165 e. The molecule has 0 bridgehead atoms. The molecule has 1 heterocycles. The highest BCUT2D eigenvalue weighted by Gasteiger charge is 2.16. The topological polar surface area (TPSA) is 56.7 Å². The van der Waals surface area contributed by atoms with Gasteiger partial charge in [0.2, 0.25) is 0 Å². The Morgan fingerprint density at radius 3 is 2.83 bits per heavy atom. The maximum atomic E-state index is 13.5. The van der Waals surface area contributed by atoms with Crippen molar-refractivity contribution in [2.45, 2.75) is 26.4 Å². The quantitative estimate of drug-likeness (QED) is 0.927. The van der Waals surface area contributed by atoms with Crippen LogP contribution in [0.1, 0.15) is 19.2 Å². The zero-order valence-electron chi connectivity index (χ0n) is 10.0. The first-order valence-corrected chi connectivity index (χ1v) is 6.13. The number of rotatable bonds is 4. The highest BCUT2D eigenvalue weighted by atomic mass is 35.5. The molecule has 0 amide bonds. The second-order valence-corrected chi connectivity index (χ2v) is 4.27. The smallest absolute Gasteiger partial charge is 0.165 e. The van der Waals surface area contributed by atoms with Gasteiger partial charge in [0, 0.05) is 12.1 Å². The van der Waals surface area contributed by atoms with E-state index in [0.29, 0.717) is 23.8 Å². The van der Waals surface area contributed by atoms with E-state index in [0.717, 1.165) is 13.0 Å². The molecule has 18 heavy (non-hydrogen) atoms. The van der Waals surface area contributed by atoms with Crippen LogP contribution >= 0.6 is 11.6 Å². The lowest BCUT2D eigenvalue weighted by Crippen LogP contribution is -2.09. The zero-order valence-corrected chi connectivity index (χ0v) is 10.8. The monoisotopic (exact) mass is 268 g/mol. The molecule has 0 aliphatic carbocycles. The van der Waals surface area contributed by atoms with E-state index in [1.165, 1.54) is 6.07 Å². The van der Waals surface area contributed by atoms with E-state index < -0.39 is 5.82 Å². The van der Waals surface area contributed by atoms with Gasteiger partial charge in [0.05, 0.1) is 11.6 Å². The van der Waals surface area contributed by atoms with Crippen LogP contribution in [-0.2, 0) is 13.1 Å². The summed E-state index contributed by atoms with van der Waals surface area (Å²) in [7, 11) is 0. The van der Waals surface area contributed by atoms with Gasteiger partial charge in [0.25, 0.3) is 0 Å². The summed E-state index contributed by atoms with van der Waals surface area (Å²) in [5, 5.41) is 8.13. The van der Waals surface area contributed by atoms with Gasteiger partial charge < -0.3 is 10.3 Å². The van der Waals surface area contributed by atoms with Gasteiger partial charge in [-0.25, -0.2) is 4.39 Å². The molecular weight excluding hydrogens is 255 g/mol. The molecule has 0 unspecified atom stereocenters. The number of halogens is 2. The van der Waals surface area contributed by atoms with Crippen molar-refractivity contribution >= 4 is 11.6 Å². The predicted octanol–water partition coefficient (Wildman–Crippen LogP) is 2.61. The highest BCUT2D eigenvalue weighted by molar-refractivity contribution is 6.33. The molecule has 96 valence electrons. The Labute approximate surface area is 110 Å². The molecule has 0 atom stereocenters. The molecule has 2 aromatic rings. The molecule has 0 aliphatic rings. The molecule has 0 spiro atoms. The molecule has 6 heteroatoms. The van der Waals surface area contributed by atoms with Crippen LogP contribution in [0.25, 0.3) is 11.4 Å². The Kier molecular flexibility index (Phi) is 3.93. The summed E-state index contributed by atoms with van der Waals surface area (Å²) >= 11 is 5.96. The molecule has 2 rings (SSSR count). The van der Waals surface area contributed by atoms with Gasteiger partial charge in [-0.3, -0.25) is 0 Å². The van der Waals surface area contributed by atoms with Gasteiger partial charge >= 0.3 is 0 Å². The number of nitrogens with zero attached hydrogens (tertiary/aromatic N) is 3. The van der Waals surface area contributed by atoms with Crippen LogP contribution in [-0.4, -0.2) is 14.8 Å². The lowest BCUT2D eigenvalue weighted by molar-refractivity contribution is 0.626. The van der Waals surface area contributed by atoms with Gasteiger partial charge in [-0.1, -0.05) is 24.6 Å². The Bertz CT molecular complexity index is 553. The first-order chi connectivity index (χ1) is 8.69. The number of hydrogen-bond donors (Lipinski definition) is 1. The van der Waals surface area contributed by atoms with E-state index in [-0.39, 0.29) is 5.02 Å². The van der Waals surface area contributed by atoms with Gasteiger partial charge in [0.15, 0.2) is 5.82 Å². The minimum Gasteiger partial charge on any atom is -0.324 e. The van der Waals surface area contributed by atoms with Crippen molar-refractivity contribution in [3.05, 3.63) is 34.9 Å². The lowest BCUT2D eigenvalue weighted by Gasteiger charge is -2.09. The van der Waals surface area contributed by atoms with Crippen molar-refractivity contribution in [3.8, 4) is 11.4 Å². The van der Waals surface area contributed by atoms with E-state index in [1.807, 2.05) is 11.5 Å². The summed E-state index contributed by atoms with van der Waals surface area (Å²) in [5.41, 5.74) is 6.15. The molecule has 0 saturated carbocycles. The third-order valence-electron chi connectivity index (χ3n) is 2.65. The summed E-state index contributed by atoms with van der Waals surface area (Å²) < 4.78 is 15.3. The standard InChI is InChI=1S/C12H14ClFN4/c1-2-6-18-10(7-15)16-17-12(18)8-4-3-5-9(14)11(8)13/h3-5H,2,6-7,15H2,1H3. The molecule has 0 saturated heterocycles. The van der Waals surface area contributed by atoms with Crippen LogP contribution in [0.4, 0.5) is 4.39 Å². The fraction of sp³-hybridized carbons (Fsp3) is 0.333. The van der Waals surface area contributed by atoms with Crippen molar-refractivity contribution < 1.29 is 4.39 Å². The normalized spacial score (nSPS) is 10.9. The molecule has 0 radical (unpaired) electrons. The van der Waals surface area contributed by atoms with E-state index in [9.17, 15) is 4.39 Å². The van der Waals surface area contributed by atoms with E-state index >= 15 is 0 Å². The molecule has 1 aromatic heterocycles. The van der Waals surface area contributed by atoms with Crippen LogP contribution in [0.5, 0.6) is 0 Å². The molecule has 4 nitrogen and oxygen atoms in total. The van der Waals surface area contributed by atoms with Crippen molar-refractivity contribution in [1.82, 2.24) is 14.8 Å². The highest BCUT2D eigenvalue weighted by Crippen LogP contribution is 2.29. The number of aromatic nitrogens is 3. The molecule has 0 aliphatic heterocycles. The van der Waals surface area contributed by atoms with Crippen LogP contribution in [0.2, 0.25) is 5.02 Å². The largest absolute Gasteiger partial charge is 0.324 e. The summed E-state index contributed by atoms with van der Waals surface area (Å²) in [4.78, 5) is 0. The van der Waals surface area contributed by atoms with Crippen molar-refractivity contribution in [3.63, 3.8) is 0 Å². The summed E-state index contributed by atoms with van der Waals surface area (Å²) in [6.45, 7) is 3.05. The third kappa shape index (κ3) is 2.23. The predicted molar refractivity (Wildman–Crippen MR) is 68.6 cm³/mol. The van der Waals surface area contributed by atoms with E-state index in [1.54, 1.807) is 12.1 Å². The average molecular weight is 269 g/mol. The van der Waals surface area contributed by atoms with E-state index in [2.05, 4.69) is 10.2 Å². The molecule has 0 fully saturated rings. The Balaban J connectivity index is 2.56. The molecule has 2 N–H and O–H groups in total. The van der Waals surface area contributed by atoms with E-state index in [4.69, 9.17) is 17.3 Å². The van der Waals surface area contributed by atoms with Crippen LogP contribution in [0.15, 0.2) is 18.2 Å². The second-order valence-electron chi connectivity index (χ2n) is 3.90. The van der Waals surface area contributed by atoms with Crippen LogP contribution < -0.4 is 5.73 Å². The second kappa shape index (κ2) is 5.46. The number of benzene rings is 1. The van der Waals surface area contributed by atoms with Gasteiger partial charge in [-0.05, 0) is 18.6 Å². The average Bonchev–Trinajstić information content (AvgIpc) is 2.76. The van der Waals surface area contributed by atoms with Gasteiger partial charge in [0.1, 0.15) is 11.6 Å². The van der Waals surface area contributed by atoms with Crippen molar-refractivity contribution in [1.29, 1.82) is 0 Å². The maximum absolute atomic E-state index is 13.5. The zero-order chi connectivity index (χ0) is 13.1. The minimum absolute atomic E-state index is 0.0609. The first-order valence-electron chi connectivity index (χ1n) is 5.75. The molecular formula is C12H14ClFN4. The summed E-state index contributed by atoms with van der Waals surface area (Å²) in [5.74, 6) is 0.767. The van der Waals surface area contributed by atoms with Crippen molar-refractivity contribution in [2.24, 2.45) is 5.73 Å². The van der Waals surface area contributed by atoms with Gasteiger partial charge in [-0.15, -0.1) is 10.2 Å².